The van der Waals surface area contributed by atoms with E-state index in [1.54, 1.807) is 11.8 Å². The van der Waals surface area contributed by atoms with Crippen molar-refractivity contribution >= 4 is 11.8 Å². The second-order valence-corrected chi connectivity index (χ2v) is 3.33. The standard InChI is InChI=1S/C9H11S/c1-3-10-9-6-4-8(2)5-7-9/h4-7H,1,3H2,2H3. The van der Waals surface area contributed by atoms with Gasteiger partial charge in [0, 0.05) is 4.90 Å². The first-order valence-corrected chi connectivity index (χ1v) is 4.30. The maximum Gasteiger partial charge on any atom is 0.00721 e. The van der Waals surface area contributed by atoms with Crippen molar-refractivity contribution in [1.29, 1.82) is 0 Å². The van der Waals surface area contributed by atoms with Crippen molar-refractivity contribution in [1.82, 2.24) is 0 Å². The molecule has 0 aliphatic heterocycles. The smallest absolute Gasteiger partial charge is 0.00721 e. The van der Waals surface area contributed by atoms with Gasteiger partial charge in [0.15, 0.2) is 0 Å². The van der Waals surface area contributed by atoms with Gasteiger partial charge in [-0.15, -0.1) is 11.8 Å². The Hall–Kier alpha value is -0.430. The van der Waals surface area contributed by atoms with Crippen LogP contribution in [-0.2, 0) is 0 Å². The molecule has 0 saturated carbocycles. The van der Waals surface area contributed by atoms with Crippen LogP contribution >= 0.6 is 11.8 Å². The Balaban J connectivity index is 2.69. The first-order chi connectivity index (χ1) is 4.83. The number of benzene rings is 1. The fourth-order valence-corrected chi connectivity index (χ4v) is 1.32. The molecular weight excluding hydrogens is 140 g/mol. The molecule has 1 radical (unpaired) electrons. The summed E-state index contributed by atoms with van der Waals surface area (Å²) in [5.74, 6) is 0.906. The lowest BCUT2D eigenvalue weighted by Crippen LogP contribution is -1.73. The lowest BCUT2D eigenvalue weighted by molar-refractivity contribution is 1.38. The lowest BCUT2D eigenvalue weighted by atomic mass is 10.2. The largest absolute Gasteiger partial charge is 0.126 e. The van der Waals surface area contributed by atoms with Gasteiger partial charge in [0.1, 0.15) is 0 Å². The SMILES string of the molecule is [CH2]CSc1ccc(C)cc1. The van der Waals surface area contributed by atoms with Gasteiger partial charge in [0.25, 0.3) is 0 Å². The van der Waals surface area contributed by atoms with E-state index in [1.165, 1.54) is 10.5 Å². The van der Waals surface area contributed by atoms with Crippen LogP contribution in [0.25, 0.3) is 0 Å². The predicted octanol–water partition coefficient (Wildman–Crippen LogP) is 2.92. The number of aryl methyl sites for hydroxylation is 1. The van der Waals surface area contributed by atoms with Gasteiger partial charge in [-0.1, -0.05) is 17.7 Å². The Morgan fingerprint density at radius 2 is 1.90 bits per heavy atom. The van der Waals surface area contributed by atoms with Crippen molar-refractivity contribution in [2.75, 3.05) is 5.75 Å². The van der Waals surface area contributed by atoms with Crippen LogP contribution < -0.4 is 0 Å². The molecule has 0 fully saturated rings. The molecule has 10 heavy (non-hydrogen) atoms. The van der Waals surface area contributed by atoms with Crippen LogP contribution in [0.5, 0.6) is 0 Å². The van der Waals surface area contributed by atoms with E-state index in [9.17, 15) is 0 Å². The highest BCUT2D eigenvalue weighted by Gasteiger charge is 1.88. The fraction of sp³-hybridized carbons (Fsp3) is 0.222. The average Bonchev–Trinajstić information content (AvgIpc) is 1.95. The van der Waals surface area contributed by atoms with Gasteiger partial charge in [0.2, 0.25) is 0 Å². The molecule has 0 aromatic heterocycles. The summed E-state index contributed by atoms with van der Waals surface area (Å²) in [5, 5.41) is 0. The molecule has 0 amide bonds. The summed E-state index contributed by atoms with van der Waals surface area (Å²) >= 11 is 1.77. The van der Waals surface area contributed by atoms with Crippen molar-refractivity contribution in [3.05, 3.63) is 36.8 Å². The summed E-state index contributed by atoms with van der Waals surface area (Å²) in [6, 6.07) is 8.51. The van der Waals surface area contributed by atoms with Gasteiger partial charge in [-0.2, -0.15) is 0 Å². The molecule has 53 valence electrons. The zero-order chi connectivity index (χ0) is 7.40. The number of hydrogen-bond acceptors (Lipinski definition) is 1. The van der Waals surface area contributed by atoms with E-state index in [1.807, 2.05) is 0 Å². The summed E-state index contributed by atoms with van der Waals surface area (Å²) < 4.78 is 0. The second-order valence-electron chi connectivity index (χ2n) is 2.16. The van der Waals surface area contributed by atoms with Crippen molar-refractivity contribution in [2.45, 2.75) is 11.8 Å². The monoisotopic (exact) mass is 151 g/mol. The minimum Gasteiger partial charge on any atom is -0.126 e. The highest BCUT2D eigenvalue weighted by Crippen LogP contribution is 2.16. The van der Waals surface area contributed by atoms with Gasteiger partial charge < -0.3 is 0 Å². The highest BCUT2D eigenvalue weighted by atomic mass is 32.2. The maximum absolute atomic E-state index is 3.77. The van der Waals surface area contributed by atoms with Crippen LogP contribution in [0.4, 0.5) is 0 Å². The van der Waals surface area contributed by atoms with Crippen LogP contribution in [0.3, 0.4) is 0 Å². The summed E-state index contributed by atoms with van der Waals surface area (Å²) in [7, 11) is 0. The summed E-state index contributed by atoms with van der Waals surface area (Å²) in [6.07, 6.45) is 0. The zero-order valence-electron chi connectivity index (χ0n) is 6.13. The van der Waals surface area contributed by atoms with E-state index in [2.05, 4.69) is 38.1 Å². The van der Waals surface area contributed by atoms with Crippen molar-refractivity contribution in [3.63, 3.8) is 0 Å². The van der Waals surface area contributed by atoms with E-state index in [-0.39, 0.29) is 0 Å². The molecule has 1 rings (SSSR count). The first-order valence-electron chi connectivity index (χ1n) is 3.31. The molecule has 0 bridgehead atoms. The van der Waals surface area contributed by atoms with Crippen LogP contribution in [0.15, 0.2) is 29.2 Å². The molecule has 1 heteroatoms. The van der Waals surface area contributed by atoms with E-state index in [4.69, 9.17) is 0 Å². The van der Waals surface area contributed by atoms with E-state index < -0.39 is 0 Å². The molecule has 0 spiro atoms. The fourth-order valence-electron chi connectivity index (χ4n) is 0.752. The van der Waals surface area contributed by atoms with E-state index in [0.717, 1.165) is 5.75 Å². The van der Waals surface area contributed by atoms with Crippen LogP contribution in [0.1, 0.15) is 5.56 Å². The predicted molar refractivity (Wildman–Crippen MR) is 47.3 cm³/mol. The average molecular weight is 151 g/mol. The molecule has 0 N–H and O–H groups in total. The van der Waals surface area contributed by atoms with Gasteiger partial charge in [0.05, 0.1) is 0 Å². The molecule has 0 atom stereocenters. The molecule has 0 unspecified atom stereocenters. The van der Waals surface area contributed by atoms with Crippen LogP contribution in [0.2, 0.25) is 0 Å². The quantitative estimate of drug-likeness (QED) is 0.586. The molecule has 0 heterocycles. The highest BCUT2D eigenvalue weighted by molar-refractivity contribution is 7.99. The molecule has 0 nitrogen and oxygen atoms in total. The first kappa shape index (κ1) is 7.67. The van der Waals surface area contributed by atoms with Crippen molar-refractivity contribution in [2.24, 2.45) is 0 Å². The molecule has 0 saturated heterocycles. The Bertz CT molecular complexity index is 188. The molecular formula is C9H11S. The summed E-state index contributed by atoms with van der Waals surface area (Å²) in [4.78, 5) is 1.31. The third kappa shape index (κ3) is 2.07. The van der Waals surface area contributed by atoms with Crippen LogP contribution in [0, 0.1) is 13.8 Å². The summed E-state index contributed by atoms with van der Waals surface area (Å²) in [5.41, 5.74) is 1.31. The second kappa shape index (κ2) is 3.67. The maximum atomic E-state index is 3.77. The number of rotatable bonds is 2. The van der Waals surface area contributed by atoms with Crippen molar-refractivity contribution < 1.29 is 0 Å². The molecule has 1 aromatic rings. The normalized spacial score (nSPS) is 9.80. The Morgan fingerprint density at radius 3 is 2.40 bits per heavy atom. The Labute approximate surface area is 66.6 Å². The van der Waals surface area contributed by atoms with Crippen molar-refractivity contribution in [3.8, 4) is 0 Å². The Morgan fingerprint density at radius 1 is 1.30 bits per heavy atom. The lowest BCUT2D eigenvalue weighted by Gasteiger charge is -1.96. The van der Waals surface area contributed by atoms with Gasteiger partial charge in [-0.05, 0) is 31.7 Å². The number of hydrogen-bond donors (Lipinski definition) is 0. The van der Waals surface area contributed by atoms with E-state index >= 15 is 0 Å². The van der Waals surface area contributed by atoms with Gasteiger partial charge >= 0.3 is 0 Å². The molecule has 0 aliphatic rings. The number of thioether (sulfide) groups is 1. The van der Waals surface area contributed by atoms with Gasteiger partial charge in [-0.25, -0.2) is 0 Å². The molecule has 0 aliphatic carbocycles. The summed E-state index contributed by atoms with van der Waals surface area (Å²) in [6.45, 7) is 5.86. The zero-order valence-corrected chi connectivity index (χ0v) is 6.95. The van der Waals surface area contributed by atoms with Crippen LogP contribution in [-0.4, -0.2) is 5.75 Å². The minimum atomic E-state index is 0.906. The van der Waals surface area contributed by atoms with Gasteiger partial charge in [-0.3, -0.25) is 0 Å². The minimum absolute atomic E-state index is 0.906. The molecule has 1 aromatic carbocycles. The third-order valence-electron chi connectivity index (χ3n) is 1.29. The topological polar surface area (TPSA) is 0 Å². The Kier molecular flexibility index (Phi) is 2.82. The third-order valence-corrected chi connectivity index (χ3v) is 2.10. The van der Waals surface area contributed by atoms with E-state index in [0.29, 0.717) is 0 Å².